The molecule has 1 rings (SSSR count). The summed E-state index contributed by atoms with van der Waals surface area (Å²) in [4.78, 5) is 33.4. The number of carboxylic acid groups (broad SMARTS) is 1. The number of urea groups is 1. The summed E-state index contributed by atoms with van der Waals surface area (Å²) in [7, 11) is 0. The second-order valence-electron chi connectivity index (χ2n) is 4.68. The minimum atomic E-state index is -1.23. The molecule has 0 aliphatic carbocycles. The number of nitrogens with one attached hydrogen (secondary N) is 2. The highest BCUT2D eigenvalue weighted by Crippen LogP contribution is 2.15. The fraction of sp³-hybridized carbons (Fsp3) is 0.462. The van der Waals surface area contributed by atoms with Crippen molar-refractivity contribution in [1.29, 1.82) is 0 Å². The minimum Gasteiger partial charge on any atom is -0.480 e. The lowest BCUT2D eigenvalue weighted by Crippen LogP contribution is -2.46. The largest absolute Gasteiger partial charge is 0.480 e. The zero-order chi connectivity index (χ0) is 16.0. The molecule has 0 spiro atoms. The van der Waals surface area contributed by atoms with Crippen molar-refractivity contribution in [3.05, 3.63) is 23.7 Å². The Labute approximate surface area is 121 Å². The molecule has 8 heteroatoms. The number of nitrogens with two attached hydrogens (primary N) is 1. The van der Waals surface area contributed by atoms with Gasteiger partial charge >= 0.3 is 12.0 Å². The average molecular weight is 297 g/mol. The highest BCUT2D eigenvalue weighted by molar-refractivity contribution is 5.83. The summed E-state index contributed by atoms with van der Waals surface area (Å²) in [5.41, 5.74) is 4.96. The maximum Gasteiger partial charge on any atom is 0.326 e. The Balaban J connectivity index is 2.53. The van der Waals surface area contributed by atoms with Crippen molar-refractivity contribution in [1.82, 2.24) is 10.6 Å². The van der Waals surface area contributed by atoms with Crippen LogP contribution in [0.1, 0.15) is 37.3 Å². The fourth-order valence-corrected chi connectivity index (χ4v) is 1.70. The molecule has 0 aromatic carbocycles. The number of rotatable bonds is 7. The van der Waals surface area contributed by atoms with Crippen LogP contribution in [0.3, 0.4) is 0 Å². The zero-order valence-corrected chi connectivity index (χ0v) is 11.9. The van der Waals surface area contributed by atoms with Gasteiger partial charge < -0.3 is 25.9 Å². The van der Waals surface area contributed by atoms with Gasteiger partial charge in [-0.15, -0.1) is 0 Å². The van der Waals surface area contributed by atoms with E-state index in [1.165, 1.54) is 0 Å². The number of hydrogen-bond donors (Lipinski definition) is 4. The second kappa shape index (κ2) is 7.32. The van der Waals surface area contributed by atoms with E-state index < -0.39 is 30.0 Å². The Bertz CT molecular complexity index is 526. The predicted octanol–water partition coefficient (Wildman–Crippen LogP) is 0.667. The van der Waals surface area contributed by atoms with Crippen molar-refractivity contribution < 1.29 is 23.9 Å². The number of furan rings is 1. The molecule has 2 unspecified atom stereocenters. The molecule has 8 nitrogen and oxygen atoms in total. The van der Waals surface area contributed by atoms with Crippen molar-refractivity contribution in [3.63, 3.8) is 0 Å². The monoisotopic (exact) mass is 297 g/mol. The third-order valence-corrected chi connectivity index (χ3v) is 2.82. The van der Waals surface area contributed by atoms with E-state index in [-0.39, 0.29) is 12.8 Å². The molecule has 0 saturated carbocycles. The van der Waals surface area contributed by atoms with Gasteiger partial charge in [0, 0.05) is 6.42 Å². The number of aryl methyl sites for hydroxylation is 1. The first-order chi connectivity index (χ1) is 9.79. The van der Waals surface area contributed by atoms with Crippen LogP contribution < -0.4 is 16.4 Å². The average Bonchev–Trinajstić information content (AvgIpc) is 2.80. The van der Waals surface area contributed by atoms with Gasteiger partial charge in [-0.05, 0) is 32.4 Å². The van der Waals surface area contributed by atoms with E-state index in [2.05, 4.69) is 10.6 Å². The Morgan fingerprint density at radius 2 is 2.00 bits per heavy atom. The Hall–Kier alpha value is -2.51. The van der Waals surface area contributed by atoms with E-state index in [4.69, 9.17) is 15.3 Å². The van der Waals surface area contributed by atoms with Crippen molar-refractivity contribution in [3.8, 4) is 0 Å². The van der Waals surface area contributed by atoms with Crippen molar-refractivity contribution in [2.75, 3.05) is 0 Å². The smallest absolute Gasteiger partial charge is 0.326 e. The van der Waals surface area contributed by atoms with Crippen LogP contribution in [0.5, 0.6) is 0 Å². The van der Waals surface area contributed by atoms with E-state index >= 15 is 0 Å². The molecule has 0 saturated heterocycles. The van der Waals surface area contributed by atoms with Crippen LogP contribution in [0, 0.1) is 6.92 Å². The second-order valence-corrected chi connectivity index (χ2v) is 4.68. The zero-order valence-electron chi connectivity index (χ0n) is 11.9. The summed E-state index contributed by atoms with van der Waals surface area (Å²) in [6.45, 7) is 3.48. The van der Waals surface area contributed by atoms with Gasteiger partial charge in [0.05, 0.1) is 6.04 Å². The first kappa shape index (κ1) is 16.5. The molecular formula is C13H19N3O5. The molecule has 1 heterocycles. The van der Waals surface area contributed by atoms with E-state index in [9.17, 15) is 14.4 Å². The van der Waals surface area contributed by atoms with Gasteiger partial charge in [-0.1, -0.05) is 0 Å². The number of aliphatic carboxylic acids is 1. The third-order valence-electron chi connectivity index (χ3n) is 2.82. The van der Waals surface area contributed by atoms with Gasteiger partial charge in [-0.3, -0.25) is 4.79 Å². The summed E-state index contributed by atoms with van der Waals surface area (Å²) in [5, 5.41) is 13.8. The van der Waals surface area contributed by atoms with Gasteiger partial charge in [-0.25, -0.2) is 9.59 Å². The minimum absolute atomic E-state index is 0.0632. The van der Waals surface area contributed by atoms with Crippen LogP contribution in [0.25, 0.3) is 0 Å². The number of carbonyl (C=O) groups is 3. The van der Waals surface area contributed by atoms with Gasteiger partial charge in [0.15, 0.2) is 0 Å². The van der Waals surface area contributed by atoms with Gasteiger partial charge in [0.25, 0.3) is 0 Å². The Morgan fingerprint density at radius 1 is 1.33 bits per heavy atom. The molecule has 1 aromatic heterocycles. The number of primary amides is 1. The first-order valence-corrected chi connectivity index (χ1v) is 6.44. The Morgan fingerprint density at radius 3 is 2.48 bits per heavy atom. The fourth-order valence-electron chi connectivity index (χ4n) is 1.70. The van der Waals surface area contributed by atoms with Gasteiger partial charge in [0.2, 0.25) is 5.91 Å². The third kappa shape index (κ3) is 5.55. The molecule has 21 heavy (non-hydrogen) atoms. The molecule has 1 aromatic rings. The Kier molecular flexibility index (Phi) is 5.77. The number of hydrogen-bond acceptors (Lipinski definition) is 4. The molecule has 5 N–H and O–H groups in total. The van der Waals surface area contributed by atoms with E-state index in [0.717, 1.165) is 0 Å². The van der Waals surface area contributed by atoms with Gasteiger partial charge in [-0.2, -0.15) is 0 Å². The summed E-state index contributed by atoms with van der Waals surface area (Å²) in [5.74, 6) is -0.577. The molecule has 0 bridgehead atoms. The molecule has 3 amide bonds. The number of carbonyl (C=O) groups excluding carboxylic acids is 2. The van der Waals surface area contributed by atoms with Crippen LogP contribution in [0.15, 0.2) is 16.5 Å². The molecule has 0 fully saturated rings. The lowest BCUT2D eigenvalue weighted by Gasteiger charge is -2.17. The van der Waals surface area contributed by atoms with Crippen LogP contribution >= 0.6 is 0 Å². The van der Waals surface area contributed by atoms with Crippen LogP contribution in [0.2, 0.25) is 0 Å². The summed E-state index contributed by atoms with van der Waals surface area (Å²) >= 11 is 0. The topological polar surface area (TPSA) is 135 Å². The molecule has 0 aliphatic heterocycles. The standard InChI is InChI=1S/C13H19N3O5/c1-7-3-5-10(21-7)8(2)15-13(20)16-9(12(18)19)4-6-11(14)17/h3,5,8-9H,4,6H2,1-2H3,(H2,14,17)(H,18,19)(H2,15,16,20). The van der Waals surface area contributed by atoms with Crippen LogP contribution in [-0.4, -0.2) is 29.1 Å². The summed E-state index contributed by atoms with van der Waals surface area (Å²) in [6.07, 6.45) is -0.184. The SMILES string of the molecule is Cc1ccc(C(C)NC(=O)NC(CCC(N)=O)C(=O)O)o1. The van der Waals surface area contributed by atoms with Crippen LogP contribution in [-0.2, 0) is 9.59 Å². The van der Waals surface area contributed by atoms with Crippen LogP contribution in [0.4, 0.5) is 4.79 Å². The quantitative estimate of drug-likeness (QED) is 0.586. The van der Waals surface area contributed by atoms with E-state index in [1.54, 1.807) is 26.0 Å². The van der Waals surface area contributed by atoms with Crippen molar-refractivity contribution in [2.24, 2.45) is 5.73 Å². The maximum absolute atomic E-state index is 11.7. The molecule has 0 aliphatic rings. The summed E-state index contributed by atoms with van der Waals surface area (Å²) < 4.78 is 5.36. The van der Waals surface area contributed by atoms with Crippen molar-refractivity contribution in [2.45, 2.75) is 38.8 Å². The van der Waals surface area contributed by atoms with Crippen molar-refractivity contribution >= 4 is 17.9 Å². The molecule has 0 radical (unpaired) electrons. The first-order valence-electron chi connectivity index (χ1n) is 6.44. The molecule has 116 valence electrons. The van der Waals surface area contributed by atoms with E-state index in [1.807, 2.05) is 0 Å². The maximum atomic E-state index is 11.7. The molecular weight excluding hydrogens is 278 g/mol. The predicted molar refractivity (Wildman–Crippen MR) is 73.4 cm³/mol. The van der Waals surface area contributed by atoms with E-state index in [0.29, 0.717) is 11.5 Å². The van der Waals surface area contributed by atoms with Gasteiger partial charge in [0.1, 0.15) is 17.6 Å². The lowest BCUT2D eigenvalue weighted by molar-refractivity contribution is -0.139. The highest BCUT2D eigenvalue weighted by Gasteiger charge is 2.22. The number of amides is 3. The lowest BCUT2D eigenvalue weighted by atomic mass is 10.1. The summed E-state index contributed by atoms with van der Waals surface area (Å²) in [6, 6.07) is 1.24. The number of carboxylic acids is 1. The molecule has 2 atom stereocenters. The highest BCUT2D eigenvalue weighted by atomic mass is 16.4. The normalized spacial score (nSPS) is 13.2.